The Morgan fingerprint density at radius 3 is 1.05 bits per heavy atom. The average molecular weight is 811 g/mol. The highest BCUT2D eigenvalue weighted by Gasteiger charge is 2.34. The molecule has 0 unspecified atom stereocenters. The van der Waals surface area contributed by atoms with E-state index in [0.29, 0.717) is 16.7 Å². The van der Waals surface area contributed by atoms with Crippen molar-refractivity contribution in [2.24, 2.45) is 5.41 Å². The second-order valence-corrected chi connectivity index (χ2v) is 20.5. The van der Waals surface area contributed by atoms with Crippen molar-refractivity contribution in [2.75, 3.05) is 0 Å². The van der Waals surface area contributed by atoms with Crippen LogP contribution in [0.25, 0.3) is 0 Å². The standard InChI is InChI=1S/C14H22.C13H20.C12H18.C11H16.C10H14/c1-11-8-7-9-12(10-11)14(5,6)13(2,3)4;1-5-13(4,6-2)12-9-7-8-11(3)10-12;1-4-11(5-2)12-8-6-7-10(3)9-12;1-9-6-5-7-10(8-9)11(2,3)4;1-8(2)10-6-4-5-9(3)7-10/h7-10H,1-6H3;7-10H,5-6H2,1-4H3;6-9,11H,4-5H2,1-3H3;5-8H,1-4H3;4-8H,1-3H3. The number of aryl methyl sites for hydroxylation is 5. The van der Waals surface area contributed by atoms with Crippen LogP contribution in [0.5, 0.6) is 0 Å². The Morgan fingerprint density at radius 2 is 0.733 bits per heavy atom. The molecule has 5 aromatic rings. The zero-order chi connectivity index (χ0) is 45.9. The molecule has 0 aliphatic rings. The Labute approximate surface area is 373 Å². The van der Waals surface area contributed by atoms with Gasteiger partial charge >= 0.3 is 0 Å². The molecule has 0 amide bonds. The third kappa shape index (κ3) is 18.4. The first-order chi connectivity index (χ1) is 27.8. The monoisotopic (exact) mass is 811 g/mol. The molecule has 330 valence electrons. The average Bonchev–Trinajstić information content (AvgIpc) is 3.18. The molecular formula is C60H90. The minimum atomic E-state index is 0.221. The number of hydrogen-bond donors (Lipinski definition) is 0. The van der Waals surface area contributed by atoms with E-state index in [-0.39, 0.29) is 10.8 Å². The van der Waals surface area contributed by atoms with Gasteiger partial charge in [0.25, 0.3) is 0 Å². The van der Waals surface area contributed by atoms with Crippen molar-refractivity contribution in [1.29, 1.82) is 0 Å². The van der Waals surface area contributed by atoms with Crippen LogP contribution in [0.15, 0.2) is 121 Å². The van der Waals surface area contributed by atoms with Crippen LogP contribution in [0.1, 0.15) is 197 Å². The summed E-state index contributed by atoms with van der Waals surface area (Å²) in [6, 6.07) is 43.9. The molecule has 0 aliphatic heterocycles. The predicted octanol–water partition coefficient (Wildman–Crippen LogP) is 18.7. The molecule has 0 saturated heterocycles. The van der Waals surface area contributed by atoms with Crippen molar-refractivity contribution in [1.82, 2.24) is 0 Å². The van der Waals surface area contributed by atoms with Gasteiger partial charge in [0, 0.05) is 0 Å². The predicted molar refractivity (Wildman–Crippen MR) is 272 cm³/mol. The first kappa shape index (κ1) is 54.1. The maximum atomic E-state index is 2.35. The summed E-state index contributed by atoms with van der Waals surface area (Å²) in [5.74, 6) is 1.41. The van der Waals surface area contributed by atoms with E-state index >= 15 is 0 Å². The highest BCUT2D eigenvalue weighted by molar-refractivity contribution is 5.31. The molecule has 0 heterocycles. The fraction of sp³-hybridized carbons (Fsp3) is 0.500. The normalized spacial score (nSPS) is 11.6. The van der Waals surface area contributed by atoms with Gasteiger partial charge in [-0.1, -0.05) is 253 Å². The van der Waals surface area contributed by atoms with Crippen LogP contribution in [0, 0.1) is 40.0 Å². The summed E-state index contributed by atoms with van der Waals surface area (Å²) in [5, 5.41) is 0. The summed E-state index contributed by atoms with van der Waals surface area (Å²) >= 11 is 0. The molecule has 60 heavy (non-hydrogen) atoms. The molecule has 0 aromatic heterocycles. The van der Waals surface area contributed by atoms with Gasteiger partial charge in [0.15, 0.2) is 0 Å². The molecule has 5 aromatic carbocycles. The zero-order valence-electron chi connectivity index (χ0n) is 42.5. The Balaban J connectivity index is 0.000000377. The van der Waals surface area contributed by atoms with E-state index in [4.69, 9.17) is 0 Å². The molecule has 0 nitrogen and oxygen atoms in total. The summed E-state index contributed by atoms with van der Waals surface area (Å²) in [6.07, 6.45) is 4.93. The summed E-state index contributed by atoms with van der Waals surface area (Å²) in [6.45, 7) is 44.8. The van der Waals surface area contributed by atoms with Crippen LogP contribution >= 0.6 is 0 Å². The Kier molecular flexibility index (Phi) is 22.7. The van der Waals surface area contributed by atoms with Gasteiger partial charge in [0.05, 0.1) is 0 Å². The number of benzene rings is 5. The van der Waals surface area contributed by atoms with E-state index in [2.05, 4.69) is 260 Å². The maximum absolute atomic E-state index is 2.35. The lowest BCUT2D eigenvalue weighted by Gasteiger charge is -2.39. The van der Waals surface area contributed by atoms with Gasteiger partial charge in [0.2, 0.25) is 0 Å². The van der Waals surface area contributed by atoms with E-state index in [0.717, 1.165) is 5.92 Å². The maximum Gasteiger partial charge on any atom is -0.00550 e. The Bertz CT molecular complexity index is 1930. The third-order valence-corrected chi connectivity index (χ3v) is 13.0. The van der Waals surface area contributed by atoms with Crippen LogP contribution < -0.4 is 0 Å². The molecule has 0 radical (unpaired) electrons. The van der Waals surface area contributed by atoms with Crippen LogP contribution in [-0.4, -0.2) is 0 Å². The fourth-order valence-corrected chi connectivity index (χ4v) is 6.97. The smallest absolute Gasteiger partial charge is 0.00550 e. The third-order valence-electron chi connectivity index (χ3n) is 13.0. The lowest BCUT2D eigenvalue weighted by Crippen LogP contribution is -2.33. The van der Waals surface area contributed by atoms with Crippen molar-refractivity contribution in [3.63, 3.8) is 0 Å². The SMILES string of the molecule is CCC(C)(CC)c1cccc(C)c1.CCC(CC)c1cccc(C)c1.Cc1cccc(C(C)(C)C(C)(C)C)c1.Cc1cccc(C(C)(C)C)c1.Cc1cccc(C(C)C)c1. The van der Waals surface area contributed by atoms with Crippen molar-refractivity contribution in [3.8, 4) is 0 Å². The van der Waals surface area contributed by atoms with Gasteiger partial charge in [0.1, 0.15) is 0 Å². The number of rotatable bonds is 8. The molecular weight excluding hydrogens is 721 g/mol. The van der Waals surface area contributed by atoms with E-state index in [1.54, 1.807) is 0 Å². The molecule has 0 aliphatic carbocycles. The molecule has 0 heteroatoms. The summed E-state index contributed by atoms with van der Waals surface area (Å²) < 4.78 is 0. The van der Waals surface area contributed by atoms with Crippen molar-refractivity contribution in [3.05, 3.63) is 177 Å². The topological polar surface area (TPSA) is 0 Å². The van der Waals surface area contributed by atoms with E-state index in [9.17, 15) is 0 Å². The van der Waals surface area contributed by atoms with Crippen molar-refractivity contribution >= 4 is 0 Å². The first-order valence-electron chi connectivity index (χ1n) is 23.2. The van der Waals surface area contributed by atoms with Gasteiger partial charge in [-0.3, -0.25) is 0 Å². The molecule has 0 atom stereocenters. The zero-order valence-corrected chi connectivity index (χ0v) is 42.5. The van der Waals surface area contributed by atoms with Gasteiger partial charge in [-0.25, -0.2) is 0 Å². The second-order valence-electron chi connectivity index (χ2n) is 20.5. The summed E-state index contributed by atoms with van der Waals surface area (Å²) in [5.41, 5.74) is 15.2. The van der Waals surface area contributed by atoms with Gasteiger partial charge < -0.3 is 0 Å². The fourth-order valence-electron chi connectivity index (χ4n) is 6.97. The number of hydrogen-bond acceptors (Lipinski definition) is 0. The second kappa shape index (κ2) is 25.1. The highest BCUT2D eigenvalue weighted by atomic mass is 14.4. The lowest BCUT2D eigenvalue weighted by molar-refractivity contribution is 0.225. The summed E-state index contributed by atoms with van der Waals surface area (Å²) in [7, 11) is 0. The molecule has 5 rings (SSSR count). The lowest BCUT2D eigenvalue weighted by atomic mass is 9.65. The van der Waals surface area contributed by atoms with Crippen LogP contribution in [0.3, 0.4) is 0 Å². The van der Waals surface area contributed by atoms with E-state index in [1.807, 2.05) is 0 Å². The van der Waals surface area contributed by atoms with E-state index < -0.39 is 0 Å². The van der Waals surface area contributed by atoms with Gasteiger partial charge in [-0.05, 0) is 122 Å². The molecule has 0 saturated carbocycles. The largest absolute Gasteiger partial charge is 0.0648 e. The van der Waals surface area contributed by atoms with Gasteiger partial charge in [-0.15, -0.1) is 0 Å². The van der Waals surface area contributed by atoms with Crippen LogP contribution in [0.4, 0.5) is 0 Å². The molecule has 0 bridgehead atoms. The quantitative estimate of drug-likeness (QED) is 0.146. The van der Waals surface area contributed by atoms with Gasteiger partial charge in [-0.2, -0.15) is 0 Å². The molecule has 0 spiro atoms. The summed E-state index contributed by atoms with van der Waals surface area (Å²) in [4.78, 5) is 0. The van der Waals surface area contributed by atoms with Crippen molar-refractivity contribution in [2.45, 2.75) is 192 Å². The minimum Gasteiger partial charge on any atom is -0.0648 e. The van der Waals surface area contributed by atoms with Crippen LogP contribution in [-0.2, 0) is 16.2 Å². The molecule has 0 N–H and O–H groups in total. The Hall–Kier alpha value is -3.90. The first-order valence-corrected chi connectivity index (χ1v) is 23.2. The minimum absolute atomic E-state index is 0.221. The highest BCUT2D eigenvalue weighted by Crippen LogP contribution is 2.41. The van der Waals surface area contributed by atoms with Crippen molar-refractivity contribution < 1.29 is 0 Å². The van der Waals surface area contributed by atoms with E-state index in [1.165, 1.54) is 81.3 Å². The Morgan fingerprint density at radius 1 is 0.400 bits per heavy atom. The molecule has 0 fully saturated rings. The van der Waals surface area contributed by atoms with Crippen LogP contribution in [0.2, 0.25) is 0 Å².